The Morgan fingerprint density at radius 1 is 0.312 bits per heavy atom. The molecule has 2 aliphatic rings. The molecule has 0 fully saturated rings. The lowest BCUT2D eigenvalue weighted by atomic mass is 9.67. The van der Waals surface area contributed by atoms with Gasteiger partial charge in [0.25, 0.3) is 0 Å². The predicted octanol–water partition coefficient (Wildman–Crippen LogP) is 14.7. The summed E-state index contributed by atoms with van der Waals surface area (Å²) in [5, 5.41) is 2.12. The first-order chi connectivity index (χ1) is 31.7. The summed E-state index contributed by atoms with van der Waals surface area (Å²) in [5.74, 6) is 4.30. The maximum absolute atomic E-state index is 6.84. The lowest BCUT2D eigenvalue weighted by Gasteiger charge is -2.34. The summed E-state index contributed by atoms with van der Waals surface area (Å²) in [4.78, 5) is 15.3. The van der Waals surface area contributed by atoms with Crippen molar-refractivity contribution in [1.29, 1.82) is 0 Å². The first kappa shape index (κ1) is 36.1. The van der Waals surface area contributed by atoms with Crippen LogP contribution in [0, 0.1) is 0 Å². The maximum Gasteiger partial charge on any atom is 0.170 e. The summed E-state index contributed by atoms with van der Waals surface area (Å²) in [6.07, 6.45) is 0. The first-order valence-corrected chi connectivity index (χ1v) is 21.4. The first-order valence-electron chi connectivity index (χ1n) is 21.4. The Morgan fingerprint density at radius 2 is 0.875 bits per heavy atom. The van der Waals surface area contributed by atoms with Gasteiger partial charge in [0, 0.05) is 27.5 Å². The number of fused-ring (bicyclic) bond motifs is 8. The van der Waals surface area contributed by atoms with Gasteiger partial charge in [0.1, 0.15) is 11.2 Å². The molecule has 11 aromatic rings. The summed E-state index contributed by atoms with van der Waals surface area (Å²) in [6, 6.07) is 73.2. The van der Waals surface area contributed by atoms with Crippen molar-refractivity contribution in [2.45, 2.75) is 5.41 Å². The molecule has 0 radical (unpaired) electrons. The van der Waals surface area contributed by atoms with E-state index in [0.717, 1.165) is 60.9 Å². The van der Waals surface area contributed by atoms with Crippen molar-refractivity contribution in [2.75, 3.05) is 0 Å². The Balaban J connectivity index is 0.912. The summed E-state index contributed by atoms with van der Waals surface area (Å²) >= 11 is 0. The number of ether oxygens (including phenoxy) is 2. The Kier molecular flexibility index (Phi) is 8.02. The van der Waals surface area contributed by atoms with E-state index in [9.17, 15) is 0 Å². The molecule has 0 unspecified atom stereocenters. The molecular weight excluding hydrogens is 787 g/mol. The van der Waals surface area contributed by atoms with Gasteiger partial charge in [-0.25, -0.2) is 15.0 Å². The van der Waals surface area contributed by atoms with Crippen LogP contribution in [0.15, 0.2) is 217 Å². The molecule has 300 valence electrons. The summed E-state index contributed by atoms with van der Waals surface area (Å²) < 4.78 is 19.9. The van der Waals surface area contributed by atoms with Crippen LogP contribution in [0.25, 0.3) is 78.4 Å². The average molecular weight is 822 g/mol. The fourth-order valence-corrected chi connectivity index (χ4v) is 9.82. The van der Waals surface area contributed by atoms with Crippen LogP contribution < -0.4 is 9.47 Å². The van der Waals surface area contributed by atoms with Gasteiger partial charge < -0.3 is 13.9 Å². The fourth-order valence-electron chi connectivity index (χ4n) is 9.82. The minimum absolute atomic E-state index is 0.546. The SMILES string of the molecule is c1ccc(-c2nc(-c3ccc4c(c3)oc3ccccc34)nc(-c3ccccc3-c3ccc4c(c3)Oc3cc5c(cc3O4)C(c3ccccc3)(c3ccccc3)c3ccccc3-5)n2)cc1. The third-order valence-electron chi connectivity index (χ3n) is 12.7. The fraction of sp³-hybridized carbons (Fsp3) is 0.0172. The molecule has 9 aromatic carbocycles. The van der Waals surface area contributed by atoms with Gasteiger partial charge in [0.05, 0.1) is 5.41 Å². The Morgan fingerprint density at radius 3 is 1.66 bits per heavy atom. The van der Waals surface area contributed by atoms with Gasteiger partial charge in [-0.05, 0) is 87.0 Å². The quantitative estimate of drug-likeness (QED) is 0.166. The second-order valence-electron chi connectivity index (χ2n) is 16.3. The number of hydrogen-bond acceptors (Lipinski definition) is 6. The topological polar surface area (TPSA) is 70.3 Å². The van der Waals surface area contributed by atoms with Gasteiger partial charge in [0.15, 0.2) is 40.5 Å². The maximum atomic E-state index is 6.84. The molecule has 0 amide bonds. The highest BCUT2D eigenvalue weighted by atomic mass is 16.6. The molecule has 1 aliphatic heterocycles. The number of aromatic nitrogens is 3. The van der Waals surface area contributed by atoms with Crippen LogP contribution >= 0.6 is 0 Å². The van der Waals surface area contributed by atoms with Crippen LogP contribution in [0.1, 0.15) is 22.3 Å². The molecule has 0 saturated heterocycles. The van der Waals surface area contributed by atoms with Crippen molar-refractivity contribution in [2.24, 2.45) is 0 Å². The van der Waals surface area contributed by atoms with E-state index in [1.54, 1.807) is 0 Å². The van der Waals surface area contributed by atoms with E-state index in [-0.39, 0.29) is 0 Å². The minimum atomic E-state index is -0.546. The van der Waals surface area contributed by atoms with Crippen LogP contribution in [-0.2, 0) is 5.41 Å². The van der Waals surface area contributed by atoms with Gasteiger partial charge in [-0.1, -0.05) is 170 Å². The molecular formula is C58H35N3O3. The van der Waals surface area contributed by atoms with Gasteiger partial charge >= 0.3 is 0 Å². The van der Waals surface area contributed by atoms with Crippen molar-refractivity contribution in [3.63, 3.8) is 0 Å². The molecule has 1 aliphatic carbocycles. The lowest BCUT2D eigenvalue weighted by Crippen LogP contribution is -2.28. The lowest BCUT2D eigenvalue weighted by molar-refractivity contribution is 0.359. The molecule has 13 rings (SSSR count). The van der Waals surface area contributed by atoms with Crippen molar-refractivity contribution in [3.05, 3.63) is 235 Å². The smallest absolute Gasteiger partial charge is 0.170 e. The van der Waals surface area contributed by atoms with Crippen molar-refractivity contribution < 1.29 is 13.9 Å². The molecule has 0 spiro atoms. The second kappa shape index (κ2) is 14.2. The zero-order chi connectivity index (χ0) is 42.2. The van der Waals surface area contributed by atoms with E-state index >= 15 is 0 Å². The van der Waals surface area contributed by atoms with E-state index in [0.29, 0.717) is 40.5 Å². The number of benzene rings is 9. The van der Waals surface area contributed by atoms with Gasteiger partial charge in [-0.3, -0.25) is 0 Å². The Bertz CT molecular complexity index is 3580. The zero-order valence-electron chi connectivity index (χ0n) is 34.3. The highest BCUT2D eigenvalue weighted by Gasteiger charge is 2.47. The zero-order valence-corrected chi connectivity index (χ0v) is 34.3. The molecule has 6 heteroatoms. The van der Waals surface area contributed by atoms with Crippen LogP contribution in [0.5, 0.6) is 23.0 Å². The Hall–Kier alpha value is -8.61. The summed E-state index contributed by atoms with van der Waals surface area (Å²) in [5.41, 5.74) is 12.6. The van der Waals surface area contributed by atoms with Crippen LogP contribution in [0.2, 0.25) is 0 Å². The van der Waals surface area contributed by atoms with Crippen LogP contribution in [0.3, 0.4) is 0 Å². The van der Waals surface area contributed by atoms with E-state index in [2.05, 4.69) is 133 Å². The highest BCUT2D eigenvalue weighted by Crippen LogP contribution is 2.60. The number of furan rings is 1. The molecule has 0 atom stereocenters. The van der Waals surface area contributed by atoms with Crippen molar-refractivity contribution >= 4 is 21.9 Å². The van der Waals surface area contributed by atoms with Crippen LogP contribution in [-0.4, -0.2) is 15.0 Å². The van der Waals surface area contributed by atoms with Gasteiger partial charge in [-0.15, -0.1) is 0 Å². The second-order valence-corrected chi connectivity index (χ2v) is 16.3. The van der Waals surface area contributed by atoms with E-state index in [1.807, 2.05) is 78.9 Å². The number of rotatable bonds is 6. The average Bonchev–Trinajstić information content (AvgIpc) is 3.88. The third kappa shape index (κ3) is 5.56. The van der Waals surface area contributed by atoms with E-state index in [1.165, 1.54) is 22.3 Å². The monoisotopic (exact) mass is 821 g/mol. The van der Waals surface area contributed by atoms with E-state index < -0.39 is 5.41 Å². The minimum Gasteiger partial charge on any atom is -0.456 e. The molecule has 0 N–H and O–H groups in total. The summed E-state index contributed by atoms with van der Waals surface area (Å²) in [6.45, 7) is 0. The summed E-state index contributed by atoms with van der Waals surface area (Å²) in [7, 11) is 0. The highest BCUT2D eigenvalue weighted by molar-refractivity contribution is 6.05. The molecule has 0 bridgehead atoms. The van der Waals surface area contributed by atoms with Gasteiger partial charge in [0.2, 0.25) is 0 Å². The van der Waals surface area contributed by atoms with Crippen LogP contribution in [0.4, 0.5) is 0 Å². The number of hydrogen-bond donors (Lipinski definition) is 0. The van der Waals surface area contributed by atoms with E-state index in [4.69, 9.17) is 28.8 Å². The number of nitrogens with zero attached hydrogens (tertiary/aromatic N) is 3. The molecule has 0 saturated carbocycles. The molecule has 3 heterocycles. The standard InChI is InChI=1S/C58H35N3O3/c1-4-16-36(17-5-1)55-59-56(38-28-30-44-43-24-13-15-27-49(43)62-51(44)33-38)61-57(60-55)45-25-11-10-22-41(45)37-29-31-50-52(32-37)64-53-34-46-42-23-12-14-26-47(42)58(39-18-6-2-7-19-39,40-20-8-3-9-21-40)48(46)35-54(53)63-50/h1-35H. The third-order valence-corrected chi connectivity index (χ3v) is 12.7. The van der Waals surface area contributed by atoms with Crippen molar-refractivity contribution in [1.82, 2.24) is 15.0 Å². The Labute approximate surface area is 368 Å². The number of para-hydroxylation sites is 1. The molecule has 64 heavy (non-hydrogen) atoms. The molecule has 2 aromatic heterocycles. The molecule has 6 nitrogen and oxygen atoms in total. The largest absolute Gasteiger partial charge is 0.456 e. The predicted molar refractivity (Wildman–Crippen MR) is 253 cm³/mol. The van der Waals surface area contributed by atoms with Crippen molar-refractivity contribution in [3.8, 4) is 79.4 Å². The normalized spacial score (nSPS) is 13.1. The van der Waals surface area contributed by atoms with Gasteiger partial charge in [-0.2, -0.15) is 0 Å².